The van der Waals surface area contributed by atoms with E-state index in [0.29, 0.717) is 6.42 Å². The Labute approximate surface area is 153 Å². The molecule has 1 aromatic heterocycles. The molecule has 0 spiro atoms. The van der Waals surface area contributed by atoms with E-state index in [0.717, 1.165) is 44.5 Å². The molecule has 0 aliphatic heterocycles. The molecule has 0 saturated carbocycles. The van der Waals surface area contributed by atoms with Crippen LogP contribution in [0.25, 0.3) is 0 Å². The SMILES string of the molecule is COc1ccc(N(CCCCCCC(=O)NO)Cc2cccs2)cc1. The van der Waals surface area contributed by atoms with Gasteiger partial charge >= 0.3 is 0 Å². The first-order chi connectivity index (χ1) is 12.2. The van der Waals surface area contributed by atoms with Crippen molar-refractivity contribution in [2.45, 2.75) is 38.6 Å². The van der Waals surface area contributed by atoms with Gasteiger partial charge in [-0.05, 0) is 48.6 Å². The van der Waals surface area contributed by atoms with Gasteiger partial charge in [0.1, 0.15) is 5.75 Å². The molecule has 0 radical (unpaired) electrons. The maximum absolute atomic E-state index is 11.0. The number of hydrogen-bond donors (Lipinski definition) is 2. The molecule has 0 fully saturated rings. The summed E-state index contributed by atoms with van der Waals surface area (Å²) in [5, 5.41) is 10.6. The van der Waals surface area contributed by atoms with Gasteiger partial charge in [-0.15, -0.1) is 11.3 Å². The van der Waals surface area contributed by atoms with E-state index in [2.05, 4.69) is 34.5 Å². The largest absolute Gasteiger partial charge is 0.497 e. The molecular weight excluding hydrogens is 336 g/mol. The van der Waals surface area contributed by atoms with Crippen molar-refractivity contribution in [1.82, 2.24) is 5.48 Å². The molecule has 0 unspecified atom stereocenters. The highest BCUT2D eigenvalue weighted by molar-refractivity contribution is 7.09. The summed E-state index contributed by atoms with van der Waals surface area (Å²) in [6.45, 7) is 1.87. The summed E-state index contributed by atoms with van der Waals surface area (Å²) in [5.41, 5.74) is 2.86. The van der Waals surface area contributed by atoms with Crippen molar-refractivity contribution in [2.75, 3.05) is 18.6 Å². The lowest BCUT2D eigenvalue weighted by Gasteiger charge is -2.24. The van der Waals surface area contributed by atoms with Crippen LogP contribution in [0.15, 0.2) is 41.8 Å². The Morgan fingerprint density at radius 1 is 1.16 bits per heavy atom. The van der Waals surface area contributed by atoms with Crippen molar-refractivity contribution in [3.8, 4) is 5.75 Å². The minimum Gasteiger partial charge on any atom is -0.497 e. The molecule has 25 heavy (non-hydrogen) atoms. The number of amides is 1. The molecule has 0 bridgehead atoms. The minimum atomic E-state index is -0.308. The molecule has 1 aromatic carbocycles. The van der Waals surface area contributed by atoms with Crippen LogP contribution in [0.3, 0.4) is 0 Å². The standard InChI is InChI=1S/C19H26N2O3S/c1-24-17-11-9-16(10-12-17)21(15-18-7-6-14-25-18)13-5-3-2-4-8-19(22)20-23/h6-7,9-12,14,23H,2-5,8,13,15H2,1H3,(H,20,22). The number of carbonyl (C=O) groups excluding carboxylic acids is 1. The summed E-state index contributed by atoms with van der Waals surface area (Å²) in [5.74, 6) is 0.555. The Kier molecular flexibility index (Phi) is 8.28. The van der Waals surface area contributed by atoms with E-state index in [1.807, 2.05) is 12.1 Å². The zero-order chi connectivity index (χ0) is 17.9. The third kappa shape index (κ3) is 6.76. The van der Waals surface area contributed by atoms with Gasteiger partial charge in [0.05, 0.1) is 13.7 Å². The molecule has 2 N–H and O–H groups in total. The maximum Gasteiger partial charge on any atom is 0.243 e. The predicted molar refractivity (Wildman–Crippen MR) is 101 cm³/mol. The lowest BCUT2D eigenvalue weighted by Crippen LogP contribution is -2.23. The molecule has 2 aromatic rings. The van der Waals surface area contributed by atoms with Gasteiger partial charge in [0.15, 0.2) is 0 Å². The molecule has 0 saturated heterocycles. The van der Waals surface area contributed by atoms with Gasteiger partial charge in [-0.1, -0.05) is 18.9 Å². The van der Waals surface area contributed by atoms with Crippen molar-refractivity contribution < 1.29 is 14.7 Å². The second kappa shape index (κ2) is 10.7. The van der Waals surface area contributed by atoms with E-state index in [1.165, 1.54) is 10.6 Å². The van der Waals surface area contributed by atoms with Gasteiger partial charge in [-0.2, -0.15) is 0 Å². The van der Waals surface area contributed by atoms with Gasteiger partial charge in [0, 0.05) is 23.5 Å². The number of methoxy groups -OCH3 is 1. The quantitative estimate of drug-likeness (QED) is 0.357. The Balaban J connectivity index is 1.85. The number of thiophene rings is 1. The minimum absolute atomic E-state index is 0.308. The first-order valence-electron chi connectivity index (χ1n) is 8.57. The van der Waals surface area contributed by atoms with Gasteiger partial charge in [-0.25, -0.2) is 5.48 Å². The number of anilines is 1. The van der Waals surface area contributed by atoms with Crippen molar-refractivity contribution >= 4 is 22.9 Å². The summed E-state index contributed by atoms with van der Waals surface area (Å²) < 4.78 is 5.24. The van der Waals surface area contributed by atoms with Gasteiger partial charge < -0.3 is 9.64 Å². The number of rotatable bonds is 11. The van der Waals surface area contributed by atoms with Crippen LogP contribution < -0.4 is 15.1 Å². The van der Waals surface area contributed by atoms with Crippen LogP contribution in [-0.2, 0) is 11.3 Å². The molecule has 1 amide bonds. The van der Waals surface area contributed by atoms with Crippen LogP contribution in [0.2, 0.25) is 0 Å². The lowest BCUT2D eigenvalue weighted by atomic mass is 10.1. The Morgan fingerprint density at radius 2 is 1.92 bits per heavy atom. The van der Waals surface area contributed by atoms with E-state index in [1.54, 1.807) is 23.9 Å². The third-order valence-electron chi connectivity index (χ3n) is 4.07. The smallest absolute Gasteiger partial charge is 0.243 e. The number of hydroxylamine groups is 1. The van der Waals surface area contributed by atoms with Gasteiger partial charge in [0.25, 0.3) is 0 Å². The number of carbonyl (C=O) groups is 1. The van der Waals surface area contributed by atoms with Gasteiger partial charge in [0.2, 0.25) is 5.91 Å². The summed E-state index contributed by atoms with van der Waals surface area (Å²) >= 11 is 1.77. The van der Waals surface area contributed by atoms with E-state index < -0.39 is 0 Å². The van der Waals surface area contributed by atoms with E-state index >= 15 is 0 Å². The number of hydrogen-bond acceptors (Lipinski definition) is 5. The molecule has 136 valence electrons. The van der Waals surface area contributed by atoms with E-state index in [4.69, 9.17) is 9.94 Å². The van der Waals surface area contributed by atoms with Crippen molar-refractivity contribution in [1.29, 1.82) is 0 Å². The highest BCUT2D eigenvalue weighted by Crippen LogP contribution is 2.23. The maximum atomic E-state index is 11.0. The van der Waals surface area contributed by atoms with Crippen LogP contribution in [0.1, 0.15) is 37.0 Å². The van der Waals surface area contributed by atoms with Crippen molar-refractivity contribution in [2.24, 2.45) is 0 Å². The fourth-order valence-corrected chi connectivity index (χ4v) is 3.40. The predicted octanol–water partition coefficient (Wildman–Crippen LogP) is 4.22. The first kappa shape index (κ1) is 19.3. The normalized spacial score (nSPS) is 10.5. The van der Waals surface area contributed by atoms with Crippen LogP contribution in [0.4, 0.5) is 5.69 Å². The van der Waals surface area contributed by atoms with E-state index in [9.17, 15) is 4.79 Å². The molecule has 6 heteroatoms. The number of nitrogens with one attached hydrogen (secondary N) is 1. The van der Waals surface area contributed by atoms with Crippen molar-refractivity contribution in [3.05, 3.63) is 46.7 Å². The fraction of sp³-hybridized carbons (Fsp3) is 0.421. The monoisotopic (exact) mass is 362 g/mol. The van der Waals surface area contributed by atoms with Crippen molar-refractivity contribution in [3.63, 3.8) is 0 Å². The Bertz CT molecular complexity index is 614. The first-order valence-corrected chi connectivity index (χ1v) is 9.45. The average Bonchev–Trinajstić information content (AvgIpc) is 3.16. The zero-order valence-electron chi connectivity index (χ0n) is 14.6. The third-order valence-corrected chi connectivity index (χ3v) is 4.93. The number of unbranched alkanes of at least 4 members (excludes halogenated alkanes) is 3. The highest BCUT2D eigenvalue weighted by Gasteiger charge is 2.09. The molecule has 5 nitrogen and oxygen atoms in total. The highest BCUT2D eigenvalue weighted by atomic mass is 32.1. The Hall–Kier alpha value is -2.05. The molecule has 0 atom stereocenters. The van der Waals surface area contributed by atoms with Crippen LogP contribution in [-0.4, -0.2) is 24.8 Å². The van der Waals surface area contributed by atoms with Gasteiger partial charge in [-0.3, -0.25) is 10.0 Å². The molecule has 0 aliphatic carbocycles. The summed E-state index contributed by atoms with van der Waals surface area (Å²) in [6, 6.07) is 12.4. The molecule has 2 rings (SSSR count). The second-order valence-corrected chi connectivity index (χ2v) is 6.93. The zero-order valence-corrected chi connectivity index (χ0v) is 15.4. The lowest BCUT2D eigenvalue weighted by molar-refractivity contribution is -0.129. The summed E-state index contributed by atoms with van der Waals surface area (Å²) in [7, 11) is 1.68. The molecule has 1 heterocycles. The number of nitrogens with zero attached hydrogens (tertiary/aromatic N) is 1. The topological polar surface area (TPSA) is 61.8 Å². The van der Waals surface area contributed by atoms with E-state index in [-0.39, 0.29) is 5.91 Å². The molecular formula is C19H26N2O3S. The summed E-state index contributed by atoms with van der Waals surface area (Å²) in [4.78, 5) is 14.7. The average molecular weight is 362 g/mol. The number of ether oxygens (including phenoxy) is 1. The fourth-order valence-electron chi connectivity index (χ4n) is 2.68. The van der Waals surface area contributed by atoms with Crippen LogP contribution >= 0.6 is 11.3 Å². The van der Waals surface area contributed by atoms with Crippen LogP contribution in [0.5, 0.6) is 5.75 Å². The Morgan fingerprint density at radius 3 is 2.56 bits per heavy atom. The second-order valence-electron chi connectivity index (χ2n) is 5.90. The molecule has 0 aliphatic rings. The van der Waals surface area contributed by atoms with Crippen LogP contribution in [0, 0.1) is 0 Å². The number of benzene rings is 1. The summed E-state index contributed by atoms with van der Waals surface area (Å²) in [6.07, 6.45) is 4.31.